The second-order valence-corrected chi connectivity index (χ2v) is 5.67. The highest BCUT2D eigenvalue weighted by Crippen LogP contribution is 2.02. The van der Waals surface area contributed by atoms with Crippen LogP contribution in [0.1, 0.15) is 12.0 Å². The quantitative estimate of drug-likeness (QED) is 0.773. The van der Waals surface area contributed by atoms with E-state index in [-0.39, 0.29) is 11.7 Å². The van der Waals surface area contributed by atoms with Crippen LogP contribution in [-0.2, 0) is 21.2 Å². The maximum Gasteiger partial charge on any atom is 0.174 e. The fourth-order valence-corrected chi connectivity index (χ4v) is 2.28. The molecule has 2 N–H and O–H groups in total. The first kappa shape index (κ1) is 13.2. The van der Waals surface area contributed by atoms with Gasteiger partial charge in [0.15, 0.2) is 9.84 Å². The molecular weight excluding hydrogens is 226 g/mol. The van der Waals surface area contributed by atoms with Gasteiger partial charge >= 0.3 is 0 Å². The number of ether oxygens (including phenoxy) is 1. The van der Waals surface area contributed by atoms with Crippen molar-refractivity contribution in [2.24, 2.45) is 5.73 Å². The summed E-state index contributed by atoms with van der Waals surface area (Å²) in [6.07, 6.45) is 0.483. The molecule has 5 heteroatoms. The molecule has 16 heavy (non-hydrogen) atoms. The summed E-state index contributed by atoms with van der Waals surface area (Å²) in [5.41, 5.74) is 6.22. The molecule has 1 aromatic carbocycles. The highest BCUT2D eigenvalue weighted by Gasteiger charge is 2.09. The van der Waals surface area contributed by atoms with Crippen molar-refractivity contribution in [2.75, 3.05) is 18.2 Å². The van der Waals surface area contributed by atoms with Gasteiger partial charge in [0, 0.05) is 0 Å². The molecule has 4 nitrogen and oxygen atoms in total. The molecule has 0 amide bonds. The lowest BCUT2D eigenvalue weighted by molar-refractivity contribution is 0.163. The summed E-state index contributed by atoms with van der Waals surface area (Å²) in [7, 11) is -3.12. The Balaban J connectivity index is 2.30. The molecule has 0 aromatic heterocycles. The van der Waals surface area contributed by atoms with Gasteiger partial charge in [0.25, 0.3) is 0 Å². The van der Waals surface area contributed by atoms with Crippen LogP contribution in [0.4, 0.5) is 0 Å². The van der Waals surface area contributed by atoms with Gasteiger partial charge in [-0.25, -0.2) is 8.42 Å². The Hall–Kier alpha value is -0.910. The molecule has 0 heterocycles. The number of hydrogen-bond donors (Lipinski definition) is 1. The SMILES string of the molecule is NCCCS(=O)(=O)COCc1ccccc1. The van der Waals surface area contributed by atoms with Gasteiger partial charge in [0.2, 0.25) is 0 Å². The Bertz CT molecular complexity index is 389. The fourth-order valence-electron chi connectivity index (χ4n) is 1.22. The van der Waals surface area contributed by atoms with Crippen molar-refractivity contribution < 1.29 is 13.2 Å². The van der Waals surface area contributed by atoms with E-state index in [9.17, 15) is 8.42 Å². The van der Waals surface area contributed by atoms with Crippen LogP contribution in [0.3, 0.4) is 0 Å². The van der Waals surface area contributed by atoms with Crippen molar-refractivity contribution in [3.8, 4) is 0 Å². The summed E-state index contributed by atoms with van der Waals surface area (Å²) in [6, 6.07) is 9.48. The first-order chi connectivity index (χ1) is 7.64. The van der Waals surface area contributed by atoms with Crippen molar-refractivity contribution in [2.45, 2.75) is 13.0 Å². The van der Waals surface area contributed by atoms with Crippen LogP contribution in [0, 0.1) is 0 Å². The first-order valence-corrected chi connectivity index (χ1v) is 6.98. The van der Waals surface area contributed by atoms with Crippen LogP contribution >= 0.6 is 0 Å². The molecule has 0 saturated carbocycles. The summed E-state index contributed by atoms with van der Waals surface area (Å²) >= 11 is 0. The zero-order valence-corrected chi connectivity index (χ0v) is 9.95. The Morgan fingerprint density at radius 2 is 1.88 bits per heavy atom. The molecular formula is C11H17NO3S. The van der Waals surface area contributed by atoms with Gasteiger partial charge < -0.3 is 10.5 Å². The van der Waals surface area contributed by atoms with E-state index >= 15 is 0 Å². The minimum atomic E-state index is -3.12. The zero-order chi connectivity index (χ0) is 11.9. The van der Waals surface area contributed by atoms with E-state index in [1.165, 1.54) is 0 Å². The van der Waals surface area contributed by atoms with Gasteiger partial charge in [0.1, 0.15) is 5.94 Å². The molecule has 0 aliphatic heterocycles. The molecule has 1 rings (SSSR count). The molecule has 0 atom stereocenters. The van der Waals surface area contributed by atoms with E-state index in [0.29, 0.717) is 19.6 Å². The van der Waals surface area contributed by atoms with Gasteiger partial charge in [-0.3, -0.25) is 0 Å². The lowest BCUT2D eigenvalue weighted by Gasteiger charge is -2.05. The number of benzene rings is 1. The molecule has 90 valence electrons. The van der Waals surface area contributed by atoms with Crippen molar-refractivity contribution in [1.29, 1.82) is 0 Å². The highest BCUT2D eigenvalue weighted by molar-refractivity contribution is 7.91. The summed E-state index contributed by atoms with van der Waals surface area (Å²) in [4.78, 5) is 0. The topological polar surface area (TPSA) is 69.4 Å². The summed E-state index contributed by atoms with van der Waals surface area (Å²) in [6.45, 7) is 0.709. The monoisotopic (exact) mass is 243 g/mol. The fraction of sp³-hybridized carbons (Fsp3) is 0.455. The van der Waals surface area contributed by atoms with Crippen LogP contribution in [0.25, 0.3) is 0 Å². The molecule has 0 unspecified atom stereocenters. The van der Waals surface area contributed by atoms with E-state index < -0.39 is 9.84 Å². The lowest BCUT2D eigenvalue weighted by atomic mass is 10.2. The molecule has 1 aromatic rings. The van der Waals surface area contributed by atoms with Crippen LogP contribution in [-0.4, -0.2) is 26.7 Å². The number of hydrogen-bond acceptors (Lipinski definition) is 4. The average molecular weight is 243 g/mol. The standard InChI is InChI=1S/C11H17NO3S/c12-7-4-8-16(13,14)10-15-9-11-5-2-1-3-6-11/h1-3,5-6H,4,7-10,12H2. The first-order valence-electron chi connectivity index (χ1n) is 5.16. The van der Waals surface area contributed by atoms with E-state index in [1.54, 1.807) is 0 Å². The predicted octanol–water partition coefficient (Wildman–Crippen LogP) is 0.924. The van der Waals surface area contributed by atoms with E-state index in [0.717, 1.165) is 5.56 Å². The Morgan fingerprint density at radius 3 is 2.50 bits per heavy atom. The van der Waals surface area contributed by atoms with Crippen LogP contribution < -0.4 is 5.73 Å². The van der Waals surface area contributed by atoms with Gasteiger partial charge in [-0.2, -0.15) is 0 Å². The zero-order valence-electron chi connectivity index (χ0n) is 9.13. The van der Waals surface area contributed by atoms with Gasteiger partial charge in [-0.05, 0) is 18.5 Å². The van der Waals surface area contributed by atoms with Crippen molar-refractivity contribution in [3.63, 3.8) is 0 Å². The van der Waals surface area contributed by atoms with E-state index in [2.05, 4.69) is 0 Å². The van der Waals surface area contributed by atoms with Crippen molar-refractivity contribution >= 4 is 9.84 Å². The summed E-state index contributed by atoms with van der Waals surface area (Å²) in [5.74, 6) is -0.139. The number of sulfone groups is 1. The number of nitrogens with two attached hydrogens (primary N) is 1. The van der Waals surface area contributed by atoms with Crippen LogP contribution in [0.15, 0.2) is 30.3 Å². The Kier molecular flexibility index (Phi) is 5.45. The molecule has 0 aliphatic rings. The minimum Gasteiger partial charge on any atom is -0.361 e. The molecule has 0 radical (unpaired) electrons. The highest BCUT2D eigenvalue weighted by atomic mass is 32.2. The van der Waals surface area contributed by atoms with E-state index in [4.69, 9.17) is 10.5 Å². The molecule has 0 fully saturated rings. The van der Waals surface area contributed by atoms with Crippen LogP contribution in [0.2, 0.25) is 0 Å². The van der Waals surface area contributed by atoms with Gasteiger partial charge in [0.05, 0.1) is 12.4 Å². The second kappa shape index (κ2) is 6.62. The van der Waals surface area contributed by atoms with Gasteiger partial charge in [-0.15, -0.1) is 0 Å². The van der Waals surface area contributed by atoms with Crippen LogP contribution in [0.5, 0.6) is 0 Å². The third-order valence-electron chi connectivity index (χ3n) is 2.03. The maximum absolute atomic E-state index is 11.4. The second-order valence-electron chi connectivity index (χ2n) is 3.54. The lowest BCUT2D eigenvalue weighted by Crippen LogP contribution is -2.16. The number of rotatable bonds is 7. The molecule has 0 spiro atoms. The maximum atomic E-state index is 11.4. The normalized spacial score (nSPS) is 11.6. The van der Waals surface area contributed by atoms with Crippen molar-refractivity contribution in [1.82, 2.24) is 0 Å². The third-order valence-corrected chi connectivity index (χ3v) is 3.47. The largest absolute Gasteiger partial charge is 0.361 e. The molecule has 0 bridgehead atoms. The third kappa shape index (κ3) is 5.25. The predicted molar refractivity (Wildman–Crippen MR) is 63.6 cm³/mol. The molecule has 0 saturated heterocycles. The smallest absolute Gasteiger partial charge is 0.174 e. The summed E-state index contributed by atoms with van der Waals surface area (Å²) < 4.78 is 28.0. The van der Waals surface area contributed by atoms with Crippen molar-refractivity contribution in [3.05, 3.63) is 35.9 Å². The summed E-state index contributed by atoms with van der Waals surface area (Å²) in [5, 5.41) is 0. The minimum absolute atomic E-state index is 0.0955. The average Bonchev–Trinajstić information content (AvgIpc) is 2.28. The Labute approximate surface area is 96.3 Å². The molecule has 0 aliphatic carbocycles. The van der Waals surface area contributed by atoms with E-state index in [1.807, 2.05) is 30.3 Å². The Morgan fingerprint density at radius 1 is 1.19 bits per heavy atom. The van der Waals surface area contributed by atoms with Gasteiger partial charge in [-0.1, -0.05) is 30.3 Å².